The Hall–Kier alpha value is -0.480. The van der Waals surface area contributed by atoms with Crippen molar-refractivity contribution in [1.29, 1.82) is 0 Å². The van der Waals surface area contributed by atoms with Gasteiger partial charge in [0.2, 0.25) is 0 Å². The zero-order chi connectivity index (χ0) is 10.5. The molecule has 2 aliphatic carbocycles. The fourth-order valence-electron chi connectivity index (χ4n) is 3.34. The fraction of sp³-hybridized carbons (Fsp3) is 0.857. The summed E-state index contributed by atoms with van der Waals surface area (Å²) >= 11 is 0. The van der Waals surface area contributed by atoms with Gasteiger partial charge in [-0.1, -0.05) is 31.6 Å². The Labute approximate surface area is 94.0 Å². The first-order chi connectivity index (χ1) is 7.40. The largest absolute Gasteiger partial charge is 0.303 e. The highest BCUT2D eigenvalue weighted by atomic mass is 14.9. The Morgan fingerprint density at radius 2 is 1.87 bits per heavy atom. The van der Waals surface area contributed by atoms with Crippen molar-refractivity contribution in [3.05, 3.63) is 0 Å². The van der Waals surface area contributed by atoms with Gasteiger partial charge in [0.05, 0.1) is 6.54 Å². The molecule has 0 heterocycles. The number of hydrogen-bond acceptors (Lipinski definition) is 1. The molecule has 15 heavy (non-hydrogen) atoms. The van der Waals surface area contributed by atoms with Crippen molar-refractivity contribution in [2.75, 3.05) is 6.54 Å². The van der Waals surface area contributed by atoms with Gasteiger partial charge in [-0.05, 0) is 38.0 Å². The van der Waals surface area contributed by atoms with Crippen molar-refractivity contribution in [3.63, 3.8) is 0 Å². The van der Waals surface area contributed by atoms with Gasteiger partial charge in [0.1, 0.15) is 0 Å². The van der Waals surface area contributed by atoms with E-state index < -0.39 is 0 Å². The van der Waals surface area contributed by atoms with E-state index in [-0.39, 0.29) is 0 Å². The van der Waals surface area contributed by atoms with Crippen molar-refractivity contribution < 1.29 is 0 Å². The predicted octanol–water partition coefficient (Wildman–Crippen LogP) is 2.96. The van der Waals surface area contributed by atoms with E-state index in [0.717, 1.165) is 24.4 Å². The molecule has 2 rings (SSSR count). The lowest BCUT2D eigenvalue weighted by molar-refractivity contribution is 0.145. The number of rotatable bonds is 2. The van der Waals surface area contributed by atoms with E-state index in [1.54, 1.807) is 0 Å². The third-order valence-electron chi connectivity index (χ3n) is 4.20. The standard InChI is InChI=1S/C14H23N/c1-2-3-10-15-14-9-8-12-6-4-5-7-13(12)11-14/h12-15H,4-11H2,1H3. The molecular weight excluding hydrogens is 182 g/mol. The van der Waals surface area contributed by atoms with Crippen molar-refractivity contribution in [2.45, 2.75) is 57.9 Å². The van der Waals surface area contributed by atoms with Gasteiger partial charge in [-0.25, -0.2) is 0 Å². The lowest BCUT2D eigenvalue weighted by Gasteiger charge is -2.39. The average molecular weight is 205 g/mol. The second-order valence-corrected chi connectivity index (χ2v) is 5.12. The molecule has 0 aromatic carbocycles. The van der Waals surface area contributed by atoms with E-state index >= 15 is 0 Å². The summed E-state index contributed by atoms with van der Waals surface area (Å²) in [5.41, 5.74) is 0. The van der Waals surface area contributed by atoms with E-state index in [9.17, 15) is 0 Å². The molecule has 0 aromatic rings. The Kier molecular flexibility index (Phi) is 4.09. The zero-order valence-corrected chi connectivity index (χ0v) is 9.89. The smallest absolute Gasteiger partial charge is 0.0578 e. The molecule has 3 unspecified atom stereocenters. The van der Waals surface area contributed by atoms with E-state index in [1.807, 2.05) is 6.92 Å². The normalized spacial score (nSPS) is 35.1. The van der Waals surface area contributed by atoms with Gasteiger partial charge in [0.25, 0.3) is 0 Å². The van der Waals surface area contributed by atoms with Crippen molar-refractivity contribution in [2.24, 2.45) is 11.8 Å². The van der Waals surface area contributed by atoms with Crippen LogP contribution >= 0.6 is 0 Å². The molecule has 1 N–H and O–H groups in total. The van der Waals surface area contributed by atoms with Crippen LogP contribution < -0.4 is 5.32 Å². The van der Waals surface area contributed by atoms with Crippen LogP contribution in [0.1, 0.15) is 51.9 Å². The minimum Gasteiger partial charge on any atom is -0.303 e. The second kappa shape index (κ2) is 5.56. The lowest BCUT2D eigenvalue weighted by atomic mass is 9.69. The maximum absolute atomic E-state index is 3.58. The first-order valence-corrected chi connectivity index (χ1v) is 6.53. The number of nitrogens with one attached hydrogen (secondary N) is 1. The Bertz CT molecular complexity index is 248. The minimum atomic E-state index is 0.755. The van der Waals surface area contributed by atoms with Gasteiger partial charge in [0, 0.05) is 6.04 Å². The molecule has 2 fully saturated rings. The van der Waals surface area contributed by atoms with E-state index in [0.29, 0.717) is 0 Å². The minimum absolute atomic E-state index is 0.755. The molecule has 2 aliphatic rings. The predicted molar refractivity (Wildman–Crippen MR) is 64.5 cm³/mol. The highest BCUT2D eigenvalue weighted by Crippen LogP contribution is 2.40. The molecular formula is C14H23N. The van der Waals surface area contributed by atoms with Crippen molar-refractivity contribution in [1.82, 2.24) is 5.32 Å². The summed E-state index contributed by atoms with van der Waals surface area (Å²) in [5.74, 6) is 8.15. The Balaban J connectivity index is 1.77. The molecule has 0 aromatic heterocycles. The van der Waals surface area contributed by atoms with Gasteiger partial charge >= 0.3 is 0 Å². The van der Waals surface area contributed by atoms with E-state index in [4.69, 9.17) is 0 Å². The molecule has 0 amide bonds. The highest BCUT2D eigenvalue weighted by Gasteiger charge is 2.31. The maximum atomic E-state index is 3.58. The third-order valence-corrected chi connectivity index (χ3v) is 4.20. The molecule has 2 saturated carbocycles. The SMILES string of the molecule is CC#CCNC1CCC2CCCCC2C1. The third kappa shape index (κ3) is 2.98. The maximum Gasteiger partial charge on any atom is 0.0578 e. The molecule has 1 nitrogen and oxygen atoms in total. The van der Waals surface area contributed by atoms with Crippen LogP contribution in [-0.2, 0) is 0 Å². The molecule has 1 heteroatoms. The fourth-order valence-corrected chi connectivity index (χ4v) is 3.34. The number of hydrogen-bond donors (Lipinski definition) is 1. The van der Waals surface area contributed by atoms with E-state index in [1.165, 1.54) is 44.9 Å². The van der Waals surface area contributed by atoms with Gasteiger partial charge < -0.3 is 5.32 Å². The molecule has 0 aliphatic heterocycles. The topological polar surface area (TPSA) is 12.0 Å². The summed E-state index contributed by atoms with van der Waals surface area (Å²) in [6.45, 7) is 2.80. The van der Waals surface area contributed by atoms with Crippen molar-refractivity contribution in [3.8, 4) is 11.8 Å². The van der Waals surface area contributed by atoms with Crippen LogP contribution in [0.5, 0.6) is 0 Å². The quantitative estimate of drug-likeness (QED) is 0.683. The molecule has 0 bridgehead atoms. The summed E-state index contributed by atoms with van der Waals surface area (Å²) in [4.78, 5) is 0. The molecule has 84 valence electrons. The van der Waals surface area contributed by atoms with E-state index in [2.05, 4.69) is 17.2 Å². The van der Waals surface area contributed by atoms with Crippen LogP contribution in [0, 0.1) is 23.7 Å². The average Bonchev–Trinajstić information content (AvgIpc) is 2.29. The summed E-state index contributed by atoms with van der Waals surface area (Å²) in [6.07, 6.45) is 10.2. The first-order valence-electron chi connectivity index (χ1n) is 6.53. The highest BCUT2D eigenvalue weighted by molar-refractivity contribution is 4.98. The molecule has 0 saturated heterocycles. The second-order valence-electron chi connectivity index (χ2n) is 5.12. The first kappa shape index (κ1) is 11.0. The summed E-state index contributed by atoms with van der Waals surface area (Å²) in [6, 6.07) is 0.755. The Morgan fingerprint density at radius 3 is 2.67 bits per heavy atom. The van der Waals surface area contributed by atoms with Gasteiger partial charge in [-0.3, -0.25) is 0 Å². The lowest BCUT2D eigenvalue weighted by Crippen LogP contribution is -2.38. The van der Waals surface area contributed by atoms with Crippen LogP contribution in [0.4, 0.5) is 0 Å². The van der Waals surface area contributed by atoms with Crippen LogP contribution in [0.2, 0.25) is 0 Å². The van der Waals surface area contributed by atoms with Crippen LogP contribution in [0.3, 0.4) is 0 Å². The Morgan fingerprint density at radius 1 is 1.07 bits per heavy atom. The van der Waals surface area contributed by atoms with Crippen LogP contribution in [-0.4, -0.2) is 12.6 Å². The number of fused-ring (bicyclic) bond motifs is 1. The van der Waals surface area contributed by atoms with Crippen LogP contribution in [0.15, 0.2) is 0 Å². The molecule has 0 radical (unpaired) electrons. The van der Waals surface area contributed by atoms with Gasteiger partial charge in [-0.15, -0.1) is 5.92 Å². The zero-order valence-electron chi connectivity index (χ0n) is 9.89. The molecule has 3 atom stereocenters. The van der Waals surface area contributed by atoms with Crippen LogP contribution in [0.25, 0.3) is 0 Å². The molecule has 0 spiro atoms. The summed E-state index contributed by atoms with van der Waals surface area (Å²) in [5, 5.41) is 3.58. The summed E-state index contributed by atoms with van der Waals surface area (Å²) < 4.78 is 0. The van der Waals surface area contributed by atoms with Crippen molar-refractivity contribution >= 4 is 0 Å². The van der Waals surface area contributed by atoms with Gasteiger partial charge in [0.15, 0.2) is 0 Å². The van der Waals surface area contributed by atoms with Gasteiger partial charge in [-0.2, -0.15) is 0 Å². The monoisotopic (exact) mass is 205 g/mol. The summed E-state index contributed by atoms with van der Waals surface area (Å²) in [7, 11) is 0.